The second-order valence-corrected chi connectivity index (χ2v) is 7.75. The molecule has 1 aromatic carbocycles. The molecule has 1 atom stereocenters. The topological polar surface area (TPSA) is 68.8 Å². The Hall–Kier alpha value is -2.93. The second kappa shape index (κ2) is 10.7. The fraction of sp³-hybridized carbons (Fsp3) is 0.435. The third kappa shape index (κ3) is 6.03. The molecule has 1 aromatic heterocycles. The van der Waals surface area contributed by atoms with Gasteiger partial charge in [-0.25, -0.2) is 4.98 Å². The van der Waals surface area contributed by atoms with Crippen molar-refractivity contribution in [3.8, 4) is 0 Å². The molecular weight excluding hydrogens is 378 g/mol. The van der Waals surface area contributed by atoms with Crippen LogP contribution in [0.1, 0.15) is 24.4 Å². The molecule has 0 bridgehead atoms. The zero-order valence-electron chi connectivity index (χ0n) is 17.8. The molecule has 1 saturated heterocycles. The first-order valence-corrected chi connectivity index (χ1v) is 10.5. The summed E-state index contributed by atoms with van der Waals surface area (Å²) in [5, 5.41) is 2.98. The Kier molecular flexibility index (Phi) is 7.79. The van der Waals surface area contributed by atoms with E-state index in [0.29, 0.717) is 19.6 Å². The minimum Gasteiger partial charge on any atom is -0.354 e. The molecule has 1 N–H and O–H groups in total. The number of carbonyl (C=O) groups excluding carboxylic acids is 2. The van der Waals surface area contributed by atoms with Crippen LogP contribution in [0.3, 0.4) is 0 Å². The average molecular weight is 410 g/mol. The number of nitrogens with one attached hydrogen (secondary N) is 1. The van der Waals surface area contributed by atoms with Crippen molar-refractivity contribution in [3.63, 3.8) is 0 Å². The average Bonchev–Trinajstić information content (AvgIpc) is 2.79. The fourth-order valence-corrected chi connectivity index (χ4v) is 3.68. The Balaban J connectivity index is 1.40. The van der Waals surface area contributed by atoms with Crippen LogP contribution in [0.2, 0.25) is 0 Å². The molecule has 2 aromatic rings. The molecular formula is C23H31N5O2. The van der Waals surface area contributed by atoms with Crippen LogP contribution in [-0.4, -0.2) is 73.4 Å². The Bertz CT molecular complexity index is 805. The van der Waals surface area contributed by atoms with Crippen LogP contribution in [0.25, 0.3) is 0 Å². The number of piperazine rings is 1. The predicted octanol–water partition coefficient (Wildman–Crippen LogP) is 1.93. The highest BCUT2D eigenvalue weighted by molar-refractivity contribution is 5.84. The van der Waals surface area contributed by atoms with Crippen molar-refractivity contribution in [3.05, 3.63) is 60.3 Å². The van der Waals surface area contributed by atoms with Crippen molar-refractivity contribution in [2.24, 2.45) is 0 Å². The summed E-state index contributed by atoms with van der Waals surface area (Å²) in [6.45, 7) is 3.36. The molecule has 7 nitrogen and oxygen atoms in total. The molecule has 7 heteroatoms. The van der Waals surface area contributed by atoms with E-state index in [1.165, 1.54) is 0 Å². The number of benzene rings is 1. The summed E-state index contributed by atoms with van der Waals surface area (Å²) in [7, 11) is 4.00. The Morgan fingerprint density at radius 3 is 2.33 bits per heavy atom. The third-order valence-electron chi connectivity index (χ3n) is 5.47. The molecule has 2 heterocycles. The lowest BCUT2D eigenvalue weighted by atomic mass is 10.1. The van der Waals surface area contributed by atoms with Gasteiger partial charge in [-0.15, -0.1) is 0 Å². The van der Waals surface area contributed by atoms with Crippen LogP contribution in [0, 0.1) is 0 Å². The Morgan fingerprint density at radius 1 is 1.00 bits per heavy atom. The smallest absolute Gasteiger partial charge is 0.223 e. The number of amides is 2. The van der Waals surface area contributed by atoms with Gasteiger partial charge in [-0.1, -0.05) is 36.4 Å². The lowest BCUT2D eigenvalue weighted by Crippen LogP contribution is -2.49. The van der Waals surface area contributed by atoms with Crippen molar-refractivity contribution in [2.45, 2.75) is 18.9 Å². The maximum Gasteiger partial charge on any atom is 0.223 e. The van der Waals surface area contributed by atoms with Crippen molar-refractivity contribution in [1.29, 1.82) is 0 Å². The van der Waals surface area contributed by atoms with Gasteiger partial charge in [0.05, 0.1) is 6.04 Å². The van der Waals surface area contributed by atoms with Crippen molar-refractivity contribution >= 4 is 17.6 Å². The van der Waals surface area contributed by atoms with Crippen LogP contribution in [0.5, 0.6) is 0 Å². The van der Waals surface area contributed by atoms with E-state index in [4.69, 9.17) is 0 Å². The van der Waals surface area contributed by atoms with Gasteiger partial charge in [-0.3, -0.25) is 9.59 Å². The Labute approximate surface area is 178 Å². The summed E-state index contributed by atoms with van der Waals surface area (Å²) < 4.78 is 0. The molecule has 1 aliphatic rings. The van der Waals surface area contributed by atoms with E-state index in [1.54, 1.807) is 6.20 Å². The summed E-state index contributed by atoms with van der Waals surface area (Å²) in [6.07, 6.45) is 2.24. The predicted molar refractivity (Wildman–Crippen MR) is 118 cm³/mol. The summed E-state index contributed by atoms with van der Waals surface area (Å²) >= 11 is 0. The molecule has 160 valence electrons. The van der Waals surface area contributed by atoms with E-state index in [1.807, 2.05) is 55.4 Å². The van der Waals surface area contributed by atoms with Crippen molar-refractivity contribution < 1.29 is 9.59 Å². The monoisotopic (exact) mass is 409 g/mol. The van der Waals surface area contributed by atoms with Gasteiger partial charge in [0.1, 0.15) is 5.82 Å². The van der Waals surface area contributed by atoms with Gasteiger partial charge < -0.3 is 20.0 Å². The minimum absolute atomic E-state index is 0.0399. The first-order chi connectivity index (χ1) is 14.5. The van der Waals surface area contributed by atoms with Crippen molar-refractivity contribution in [1.82, 2.24) is 20.1 Å². The van der Waals surface area contributed by atoms with Gasteiger partial charge in [0.15, 0.2) is 0 Å². The first kappa shape index (κ1) is 21.8. The maximum absolute atomic E-state index is 12.5. The number of rotatable bonds is 8. The largest absolute Gasteiger partial charge is 0.354 e. The highest BCUT2D eigenvalue weighted by atomic mass is 16.2. The summed E-state index contributed by atoms with van der Waals surface area (Å²) in [6, 6.07) is 16.1. The molecule has 2 amide bonds. The lowest BCUT2D eigenvalue weighted by Gasteiger charge is -2.35. The number of nitrogens with zero attached hydrogens (tertiary/aromatic N) is 4. The van der Waals surface area contributed by atoms with Crippen molar-refractivity contribution in [2.75, 3.05) is 51.7 Å². The van der Waals surface area contributed by atoms with Crippen LogP contribution in [0.4, 0.5) is 5.82 Å². The highest BCUT2D eigenvalue weighted by Gasteiger charge is 2.22. The lowest BCUT2D eigenvalue weighted by molar-refractivity contribution is -0.133. The summed E-state index contributed by atoms with van der Waals surface area (Å²) in [4.78, 5) is 35.3. The van der Waals surface area contributed by atoms with E-state index in [9.17, 15) is 9.59 Å². The molecule has 3 rings (SSSR count). The quantitative estimate of drug-likeness (QED) is 0.722. The van der Waals surface area contributed by atoms with Crippen LogP contribution >= 0.6 is 0 Å². The highest BCUT2D eigenvalue weighted by Crippen LogP contribution is 2.17. The van der Waals surface area contributed by atoms with Gasteiger partial charge in [0.25, 0.3) is 0 Å². The number of hydrogen-bond acceptors (Lipinski definition) is 5. The summed E-state index contributed by atoms with van der Waals surface area (Å²) in [5.41, 5.74) is 1.16. The number of pyridine rings is 1. The standard InChI is InChI=1S/C23H31N5O2/c1-26(2)20(19-8-4-3-5-9-19)18-25-22(29)11-12-23(30)28-16-14-27(15-17-28)21-10-6-7-13-24-21/h3-10,13,20H,11-12,14-18H2,1-2H3,(H,25,29). The van der Waals surface area contributed by atoms with Gasteiger partial charge in [-0.2, -0.15) is 0 Å². The molecule has 0 radical (unpaired) electrons. The van der Waals surface area contributed by atoms with Gasteiger partial charge in [0, 0.05) is 51.8 Å². The van der Waals surface area contributed by atoms with E-state index in [2.05, 4.69) is 32.2 Å². The number of anilines is 1. The van der Waals surface area contributed by atoms with Gasteiger partial charge in [-0.05, 0) is 31.8 Å². The molecule has 1 unspecified atom stereocenters. The van der Waals surface area contributed by atoms with E-state index in [0.717, 1.165) is 24.5 Å². The minimum atomic E-state index is -0.0850. The number of aromatic nitrogens is 1. The Morgan fingerprint density at radius 2 is 1.70 bits per heavy atom. The zero-order valence-corrected chi connectivity index (χ0v) is 17.8. The van der Waals surface area contributed by atoms with Crippen LogP contribution in [0.15, 0.2) is 54.7 Å². The van der Waals surface area contributed by atoms with Crippen LogP contribution in [-0.2, 0) is 9.59 Å². The second-order valence-electron chi connectivity index (χ2n) is 7.75. The molecule has 0 saturated carbocycles. The molecule has 1 fully saturated rings. The summed E-state index contributed by atoms with van der Waals surface area (Å²) in [5.74, 6) is 0.897. The molecule has 0 spiro atoms. The fourth-order valence-electron chi connectivity index (χ4n) is 3.68. The maximum atomic E-state index is 12.5. The number of likely N-dealkylation sites (N-methyl/N-ethyl adjacent to an activating group) is 1. The van der Waals surface area contributed by atoms with E-state index in [-0.39, 0.29) is 30.7 Å². The van der Waals surface area contributed by atoms with E-state index < -0.39 is 0 Å². The molecule has 0 aliphatic carbocycles. The zero-order chi connectivity index (χ0) is 21.3. The van der Waals surface area contributed by atoms with Gasteiger partial charge in [0.2, 0.25) is 11.8 Å². The first-order valence-electron chi connectivity index (χ1n) is 10.5. The number of hydrogen-bond donors (Lipinski definition) is 1. The van der Waals surface area contributed by atoms with Gasteiger partial charge >= 0.3 is 0 Å². The normalized spacial score (nSPS) is 15.2. The number of carbonyl (C=O) groups is 2. The molecule has 30 heavy (non-hydrogen) atoms. The third-order valence-corrected chi connectivity index (χ3v) is 5.47. The SMILES string of the molecule is CN(C)C(CNC(=O)CCC(=O)N1CCN(c2ccccn2)CC1)c1ccccc1. The molecule has 1 aliphatic heterocycles. The van der Waals surface area contributed by atoms with E-state index >= 15 is 0 Å². The van der Waals surface area contributed by atoms with Crippen LogP contribution < -0.4 is 10.2 Å².